The average molecular weight is 542 g/mol. The lowest BCUT2D eigenvalue weighted by Crippen LogP contribution is -2.19. The summed E-state index contributed by atoms with van der Waals surface area (Å²) in [6.07, 6.45) is -3.73. The summed E-state index contributed by atoms with van der Waals surface area (Å²) in [5.41, 5.74) is 5.23. The van der Waals surface area contributed by atoms with E-state index in [1.165, 1.54) is 12.1 Å². The van der Waals surface area contributed by atoms with Crippen molar-refractivity contribution in [2.75, 3.05) is 6.61 Å². The van der Waals surface area contributed by atoms with Gasteiger partial charge < -0.3 is 9.47 Å². The lowest BCUT2D eigenvalue weighted by Gasteiger charge is -2.14. The van der Waals surface area contributed by atoms with Crippen LogP contribution in [-0.4, -0.2) is 38.4 Å². The normalized spacial score (nSPS) is 11.3. The van der Waals surface area contributed by atoms with Crippen molar-refractivity contribution in [3.63, 3.8) is 0 Å². The van der Waals surface area contributed by atoms with Crippen molar-refractivity contribution in [2.45, 2.75) is 26.1 Å². The van der Waals surface area contributed by atoms with Crippen LogP contribution < -0.4 is 9.47 Å². The second-order valence-corrected chi connectivity index (χ2v) is 8.33. The molecule has 196 valence electrons. The molecule has 0 amide bonds. The fraction of sp³-hybridized carbons (Fsp3) is 0.185. The highest BCUT2D eigenvalue weighted by molar-refractivity contribution is 5.87. The highest BCUT2D eigenvalue weighted by atomic mass is 35.5. The Hall–Kier alpha value is -4.18. The van der Waals surface area contributed by atoms with Crippen molar-refractivity contribution >= 4 is 23.3 Å². The van der Waals surface area contributed by atoms with Gasteiger partial charge in [0.15, 0.2) is 12.4 Å². The summed E-state index contributed by atoms with van der Waals surface area (Å²) in [5.74, 6) is 1.22. The number of halogens is 4. The number of hydrogen-bond donors (Lipinski definition) is 1. The van der Waals surface area contributed by atoms with E-state index in [9.17, 15) is 13.2 Å². The molecule has 0 bridgehead atoms. The van der Waals surface area contributed by atoms with Gasteiger partial charge in [0.05, 0.1) is 5.52 Å². The highest BCUT2D eigenvalue weighted by Crippen LogP contribution is 2.32. The van der Waals surface area contributed by atoms with Crippen LogP contribution in [0.3, 0.4) is 0 Å². The zero-order chi connectivity index (χ0) is 25.8. The Balaban J connectivity index is 0.00000336. The average Bonchev–Trinajstić information content (AvgIpc) is 3.45. The molecule has 3 aromatic carbocycles. The lowest BCUT2D eigenvalue weighted by atomic mass is 9.98. The molecule has 0 aliphatic rings. The second-order valence-electron chi connectivity index (χ2n) is 8.33. The first-order chi connectivity index (χ1) is 17.9. The smallest absolute Gasteiger partial charge is 0.422 e. The molecule has 5 rings (SSSR count). The number of aromatic nitrogens is 5. The first-order valence-electron chi connectivity index (χ1n) is 11.6. The third kappa shape index (κ3) is 6.20. The fourth-order valence-corrected chi connectivity index (χ4v) is 3.94. The summed E-state index contributed by atoms with van der Waals surface area (Å²) < 4.78 is 48.8. The molecular formula is C27H23ClF3N5O2. The van der Waals surface area contributed by atoms with Crippen LogP contribution in [-0.2, 0) is 13.0 Å². The van der Waals surface area contributed by atoms with Gasteiger partial charge in [-0.05, 0) is 51.7 Å². The van der Waals surface area contributed by atoms with Gasteiger partial charge >= 0.3 is 6.18 Å². The number of pyridine rings is 1. The minimum absolute atomic E-state index is 0. The number of alkyl halides is 3. The molecule has 0 radical (unpaired) electrons. The third-order valence-electron chi connectivity index (χ3n) is 5.75. The van der Waals surface area contributed by atoms with E-state index in [1.54, 1.807) is 6.07 Å². The molecule has 38 heavy (non-hydrogen) atoms. The molecule has 2 aromatic heterocycles. The fourth-order valence-electron chi connectivity index (χ4n) is 3.94. The Morgan fingerprint density at radius 2 is 1.66 bits per heavy atom. The number of aromatic amines is 1. The zero-order valence-corrected chi connectivity index (χ0v) is 21.0. The van der Waals surface area contributed by atoms with Gasteiger partial charge in [-0.3, -0.25) is 4.98 Å². The Morgan fingerprint density at radius 1 is 0.895 bits per heavy atom. The minimum Gasteiger partial charge on any atom is -0.488 e. The Bertz CT molecular complexity index is 1510. The van der Waals surface area contributed by atoms with Crippen LogP contribution in [0.25, 0.3) is 33.4 Å². The summed E-state index contributed by atoms with van der Waals surface area (Å²) in [6, 6.07) is 22.2. The van der Waals surface area contributed by atoms with E-state index in [2.05, 4.69) is 25.6 Å². The van der Waals surface area contributed by atoms with E-state index in [0.717, 1.165) is 27.9 Å². The molecule has 0 fully saturated rings. The first kappa shape index (κ1) is 26.9. The Morgan fingerprint density at radius 3 is 2.34 bits per heavy atom. The third-order valence-corrected chi connectivity index (χ3v) is 5.75. The summed E-state index contributed by atoms with van der Waals surface area (Å²) in [7, 11) is 0. The number of tetrazole rings is 1. The Kier molecular flexibility index (Phi) is 8.11. The summed E-state index contributed by atoms with van der Waals surface area (Å²) in [5, 5.41) is 14.7. The monoisotopic (exact) mass is 541 g/mol. The van der Waals surface area contributed by atoms with E-state index in [0.29, 0.717) is 28.9 Å². The topological polar surface area (TPSA) is 85.8 Å². The van der Waals surface area contributed by atoms with Crippen LogP contribution in [0.2, 0.25) is 0 Å². The van der Waals surface area contributed by atoms with Crippen LogP contribution in [0.1, 0.15) is 18.2 Å². The van der Waals surface area contributed by atoms with Crippen LogP contribution in [0.15, 0.2) is 72.8 Å². The van der Waals surface area contributed by atoms with Crippen LogP contribution >= 0.6 is 12.4 Å². The maximum atomic E-state index is 12.6. The number of fused-ring (bicyclic) bond motifs is 1. The van der Waals surface area contributed by atoms with Gasteiger partial charge in [0.2, 0.25) is 0 Å². The van der Waals surface area contributed by atoms with Crippen molar-refractivity contribution in [1.82, 2.24) is 25.6 Å². The van der Waals surface area contributed by atoms with Crippen molar-refractivity contribution in [2.24, 2.45) is 0 Å². The van der Waals surface area contributed by atoms with Crippen molar-refractivity contribution in [3.05, 3.63) is 84.1 Å². The highest BCUT2D eigenvalue weighted by Gasteiger charge is 2.28. The van der Waals surface area contributed by atoms with Gasteiger partial charge in [0, 0.05) is 22.7 Å². The predicted octanol–water partition coefficient (Wildman–Crippen LogP) is 6.59. The Labute approximate surface area is 222 Å². The summed E-state index contributed by atoms with van der Waals surface area (Å²) in [4.78, 5) is 4.56. The molecule has 0 aliphatic carbocycles. The molecule has 0 saturated carbocycles. The summed E-state index contributed by atoms with van der Waals surface area (Å²) >= 11 is 0. The number of aryl methyl sites for hydroxylation is 1. The molecule has 0 unspecified atom stereocenters. The van der Waals surface area contributed by atoms with E-state index in [4.69, 9.17) is 9.47 Å². The van der Waals surface area contributed by atoms with Gasteiger partial charge in [0.25, 0.3) is 0 Å². The van der Waals surface area contributed by atoms with Gasteiger partial charge in [-0.15, -0.1) is 17.5 Å². The molecular weight excluding hydrogens is 519 g/mol. The molecule has 7 nitrogen and oxygen atoms in total. The SMILES string of the molecule is CCc1cc(OCc2ccc(-c3ccccc3-c3nnn[nH]3)cc2)c2cc(OCC(F)(F)F)ccc2n1.Cl. The minimum atomic E-state index is -4.42. The number of nitrogens with zero attached hydrogens (tertiary/aromatic N) is 4. The summed E-state index contributed by atoms with van der Waals surface area (Å²) in [6.45, 7) is 0.881. The van der Waals surface area contributed by atoms with E-state index < -0.39 is 12.8 Å². The maximum Gasteiger partial charge on any atom is 0.422 e. The molecule has 0 spiro atoms. The van der Waals surface area contributed by atoms with Crippen molar-refractivity contribution in [3.8, 4) is 34.0 Å². The first-order valence-corrected chi connectivity index (χ1v) is 11.6. The van der Waals surface area contributed by atoms with Gasteiger partial charge in [-0.2, -0.15) is 13.2 Å². The van der Waals surface area contributed by atoms with E-state index in [1.807, 2.05) is 61.5 Å². The van der Waals surface area contributed by atoms with Gasteiger partial charge in [-0.1, -0.05) is 55.5 Å². The number of nitrogens with one attached hydrogen (secondary N) is 1. The number of benzene rings is 3. The van der Waals surface area contributed by atoms with Gasteiger partial charge in [-0.25, -0.2) is 5.10 Å². The number of H-pyrrole nitrogens is 1. The quantitative estimate of drug-likeness (QED) is 0.239. The maximum absolute atomic E-state index is 12.6. The van der Waals surface area contributed by atoms with Gasteiger partial charge in [0.1, 0.15) is 18.1 Å². The predicted molar refractivity (Wildman–Crippen MR) is 139 cm³/mol. The molecule has 0 aliphatic heterocycles. The van der Waals surface area contributed by atoms with Crippen LogP contribution in [0.4, 0.5) is 13.2 Å². The molecule has 0 atom stereocenters. The lowest BCUT2D eigenvalue weighted by molar-refractivity contribution is -0.153. The standard InChI is InChI=1S/C27H22F3N5O2.ClH/c1-2-19-13-25(23-14-20(11-12-24(23)31-19)37-16-27(28,29)30)36-15-17-7-9-18(10-8-17)21-5-3-4-6-22(21)26-32-34-35-33-26;/h3-14H,2,15-16H2,1H3,(H,32,33,34,35);1H. The molecule has 5 aromatic rings. The largest absolute Gasteiger partial charge is 0.488 e. The van der Waals surface area contributed by atoms with Crippen LogP contribution in [0.5, 0.6) is 11.5 Å². The van der Waals surface area contributed by atoms with Crippen molar-refractivity contribution in [1.29, 1.82) is 0 Å². The zero-order valence-electron chi connectivity index (χ0n) is 20.2. The molecule has 11 heteroatoms. The van der Waals surface area contributed by atoms with E-state index in [-0.39, 0.29) is 24.8 Å². The number of rotatable bonds is 8. The van der Waals surface area contributed by atoms with E-state index >= 15 is 0 Å². The molecule has 2 heterocycles. The number of hydrogen-bond acceptors (Lipinski definition) is 6. The van der Waals surface area contributed by atoms with Crippen molar-refractivity contribution < 1.29 is 22.6 Å². The van der Waals surface area contributed by atoms with Crippen LogP contribution in [0, 0.1) is 0 Å². The molecule has 1 N–H and O–H groups in total. The second kappa shape index (κ2) is 11.5. The molecule has 0 saturated heterocycles. The number of ether oxygens (including phenoxy) is 2.